The summed E-state index contributed by atoms with van der Waals surface area (Å²) >= 11 is 0. The molecule has 0 radical (unpaired) electrons. The molecule has 0 bridgehead atoms. The molecular formula is C40H70FN11O11. The molecule has 2 saturated heterocycles. The molecule has 23 heteroatoms. The lowest BCUT2D eigenvalue weighted by atomic mass is 9.96. The van der Waals surface area contributed by atoms with Crippen LogP contribution in [0, 0.1) is 11.8 Å². The Balaban J connectivity index is 1.75. The number of alkyl halides is 1. The topological polar surface area (TPSA) is 353 Å². The minimum Gasteiger partial charge on any atom is -0.480 e. The summed E-state index contributed by atoms with van der Waals surface area (Å²) in [7, 11) is 0. The summed E-state index contributed by atoms with van der Waals surface area (Å²) in [4.78, 5) is 82.3. The van der Waals surface area contributed by atoms with Crippen LogP contribution in [-0.2, 0) is 39.9 Å². The van der Waals surface area contributed by atoms with E-state index in [0.29, 0.717) is 51.6 Å². The van der Waals surface area contributed by atoms with Crippen LogP contribution in [0.15, 0.2) is 6.20 Å². The van der Waals surface area contributed by atoms with E-state index in [1.165, 1.54) is 11.1 Å². The lowest BCUT2D eigenvalue weighted by Crippen LogP contribution is -2.59. The zero-order valence-corrected chi connectivity index (χ0v) is 36.7. The molecule has 12 atom stereocenters. The molecule has 358 valence electrons. The van der Waals surface area contributed by atoms with Gasteiger partial charge in [-0.2, -0.15) is 0 Å². The van der Waals surface area contributed by atoms with Crippen molar-refractivity contribution in [2.24, 2.45) is 29.0 Å². The maximum Gasteiger partial charge on any atom is 0.326 e. The first kappa shape index (κ1) is 53.0. The van der Waals surface area contributed by atoms with E-state index < -0.39 is 109 Å². The Hall–Kier alpha value is -4.39. The molecule has 2 aliphatic heterocycles. The van der Waals surface area contributed by atoms with Gasteiger partial charge >= 0.3 is 5.97 Å². The van der Waals surface area contributed by atoms with Crippen LogP contribution in [0.5, 0.6) is 0 Å². The van der Waals surface area contributed by atoms with Gasteiger partial charge in [-0.05, 0) is 82.7 Å². The molecule has 1 aromatic heterocycles. The van der Waals surface area contributed by atoms with E-state index in [4.69, 9.17) is 21.9 Å². The summed E-state index contributed by atoms with van der Waals surface area (Å²) in [6, 6.07) is -6.80. The molecule has 0 aliphatic carbocycles. The highest BCUT2D eigenvalue weighted by Crippen LogP contribution is 2.30. The van der Waals surface area contributed by atoms with Crippen molar-refractivity contribution >= 4 is 35.5 Å². The van der Waals surface area contributed by atoms with E-state index in [2.05, 4.69) is 31.6 Å². The third-order valence-corrected chi connectivity index (χ3v) is 11.5. The van der Waals surface area contributed by atoms with Gasteiger partial charge in [0.15, 0.2) is 12.4 Å². The highest BCUT2D eigenvalue weighted by Gasteiger charge is 2.46. The monoisotopic (exact) mass is 899 g/mol. The Labute approximate surface area is 366 Å². The predicted octanol–water partition coefficient (Wildman–Crippen LogP) is -2.54. The number of nitrogens with zero attached hydrogens (tertiary/aromatic N) is 4. The minimum atomic E-state index is -2.13. The number of rotatable bonds is 26. The number of ether oxygens (including phenoxy) is 1. The van der Waals surface area contributed by atoms with Crippen LogP contribution < -0.4 is 38.5 Å². The second-order valence-corrected chi connectivity index (χ2v) is 17.0. The van der Waals surface area contributed by atoms with Gasteiger partial charge < -0.3 is 68.5 Å². The third kappa shape index (κ3) is 15.1. The number of hydrogen-bond donors (Lipinski definition) is 11. The molecule has 2 aliphatic rings. The molecule has 22 nitrogen and oxygen atoms in total. The molecule has 0 aromatic carbocycles. The van der Waals surface area contributed by atoms with Crippen molar-refractivity contribution in [2.45, 2.75) is 165 Å². The zero-order valence-electron chi connectivity index (χ0n) is 36.7. The Bertz CT molecular complexity index is 1660. The molecule has 14 N–H and O–H groups in total. The number of aliphatic carboxylic acids is 1. The highest BCUT2D eigenvalue weighted by atomic mass is 18.2. The lowest BCUT2D eigenvalue weighted by Gasteiger charge is -2.38. The van der Waals surface area contributed by atoms with Crippen LogP contribution in [0.3, 0.4) is 0 Å². The minimum absolute atomic E-state index is 0.0244. The summed E-state index contributed by atoms with van der Waals surface area (Å²) in [5, 5.41) is 57.8. The molecular weight excluding hydrogens is 829 g/mol. The van der Waals surface area contributed by atoms with Gasteiger partial charge in [0, 0.05) is 13.0 Å². The number of hydrogen-bond acceptors (Lipinski definition) is 15. The fourth-order valence-corrected chi connectivity index (χ4v) is 7.59. The maximum absolute atomic E-state index is 14.9. The average Bonchev–Trinajstić information content (AvgIpc) is 3.93. The Morgan fingerprint density at radius 1 is 0.905 bits per heavy atom. The summed E-state index contributed by atoms with van der Waals surface area (Å²) in [6.07, 6.45) is -3.89. The number of unbranched alkanes of at least 4 members (excludes halogenated alkanes) is 2. The quantitative estimate of drug-likeness (QED) is 0.0427. The Morgan fingerprint density at radius 3 is 2.11 bits per heavy atom. The van der Waals surface area contributed by atoms with E-state index in [9.17, 15) is 53.6 Å². The van der Waals surface area contributed by atoms with Gasteiger partial charge in [-0.3, -0.25) is 24.0 Å². The van der Waals surface area contributed by atoms with Crippen LogP contribution in [0.1, 0.15) is 104 Å². The lowest BCUT2D eigenvalue weighted by molar-refractivity contribution is -0.237. The summed E-state index contributed by atoms with van der Waals surface area (Å²) < 4.78 is 21.2. The fourth-order valence-electron chi connectivity index (χ4n) is 7.59. The largest absolute Gasteiger partial charge is 0.480 e. The molecule has 1 aromatic rings. The second-order valence-electron chi connectivity index (χ2n) is 17.0. The number of aliphatic hydroxyl groups excluding tert-OH is 3. The van der Waals surface area contributed by atoms with Crippen molar-refractivity contribution in [3.63, 3.8) is 0 Å². The summed E-state index contributed by atoms with van der Waals surface area (Å²) in [6.45, 7) is 7.37. The highest BCUT2D eigenvalue weighted by molar-refractivity contribution is 5.96. The van der Waals surface area contributed by atoms with Crippen molar-refractivity contribution in [2.75, 3.05) is 26.2 Å². The number of carboxylic acid groups (broad SMARTS) is 1. The number of halogens is 1. The first-order valence-electron chi connectivity index (χ1n) is 22.0. The van der Waals surface area contributed by atoms with Crippen LogP contribution in [0.4, 0.5) is 4.39 Å². The molecule has 63 heavy (non-hydrogen) atoms. The average molecular weight is 899 g/mol. The van der Waals surface area contributed by atoms with E-state index in [0.717, 1.165) is 4.68 Å². The van der Waals surface area contributed by atoms with Crippen LogP contribution in [-0.4, -0.2) is 163 Å². The number of aliphatic hydroxyl groups is 3. The van der Waals surface area contributed by atoms with Gasteiger partial charge in [-0.15, -0.1) is 5.10 Å². The number of carbonyl (C=O) groups excluding carboxylic acids is 5. The van der Waals surface area contributed by atoms with Crippen molar-refractivity contribution < 1.29 is 58.3 Å². The van der Waals surface area contributed by atoms with E-state index in [1.54, 1.807) is 6.92 Å². The number of carbonyl (C=O) groups is 6. The van der Waals surface area contributed by atoms with E-state index >= 15 is 0 Å². The number of nitrogens with one attached hydrogen (secondary N) is 4. The van der Waals surface area contributed by atoms with Crippen molar-refractivity contribution in [1.82, 2.24) is 41.2 Å². The van der Waals surface area contributed by atoms with Gasteiger partial charge in [-0.25, -0.2) is 13.9 Å². The Kier molecular flexibility index (Phi) is 21.7. The molecule has 3 heterocycles. The second kappa shape index (κ2) is 25.8. The van der Waals surface area contributed by atoms with Crippen molar-refractivity contribution in [3.8, 4) is 0 Å². The molecule has 0 saturated carbocycles. The molecule has 3 rings (SSSR count). The first-order chi connectivity index (χ1) is 29.9. The van der Waals surface area contributed by atoms with Crippen LogP contribution >= 0.6 is 0 Å². The fraction of sp³-hybridized carbons (Fsp3) is 0.800. The smallest absolute Gasteiger partial charge is 0.326 e. The molecule has 0 unspecified atom stereocenters. The van der Waals surface area contributed by atoms with E-state index in [1.807, 2.05) is 20.8 Å². The van der Waals surface area contributed by atoms with Crippen LogP contribution in [0.25, 0.3) is 0 Å². The van der Waals surface area contributed by atoms with Crippen LogP contribution in [0.2, 0.25) is 0 Å². The van der Waals surface area contributed by atoms with E-state index in [-0.39, 0.29) is 56.2 Å². The van der Waals surface area contributed by atoms with Crippen molar-refractivity contribution in [3.05, 3.63) is 11.9 Å². The number of aromatic nitrogens is 3. The SMILES string of the molecule is CC[C@H](C)[C@H](NC(=O)[C@@H]1CCCN1C(=O)[C@H](CCCCN)NC(=O)[C@H](CCCCN)NC(=O)[C@@H](N)Cc1cn([C@@H]2O[C@H](CO)[C@@H](O)[C@H](O)[C@H]2[18F])nn1)C(=O)N[C@@H](CC(C)C)C(=O)O. The predicted molar refractivity (Wildman–Crippen MR) is 224 cm³/mol. The zero-order chi connectivity index (χ0) is 47.0. The van der Waals surface area contributed by atoms with Gasteiger partial charge in [0.05, 0.1) is 24.5 Å². The number of amides is 5. The number of nitrogens with two attached hydrogens (primary N) is 3. The Morgan fingerprint density at radius 2 is 1.52 bits per heavy atom. The summed E-state index contributed by atoms with van der Waals surface area (Å²) in [5.41, 5.74) is 17.8. The molecule has 2 fully saturated rings. The summed E-state index contributed by atoms with van der Waals surface area (Å²) in [5.74, 6) is -4.82. The van der Waals surface area contributed by atoms with Gasteiger partial charge in [0.1, 0.15) is 48.5 Å². The number of likely N-dealkylation sites (tertiary alicyclic amines) is 1. The number of carboxylic acids is 1. The van der Waals surface area contributed by atoms with Crippen molar-refractivity contribution in [1.29, 1.82) is 0 Å². The molecule has 5 amide bonds. The normalized spacial score (nSPS) is 24.2. The van der Waals surface area contributed by atoms with Gasteiger partial charge in [0.2, 0.25) is 29.5 Å². The standard InChI is InChI=1S/C40H70FN11O11/c1-5-22(4)31(37(59)47-27(40(61)62)17-21(2)3)48-36(58)28-13-10-16-51(28)38(60)26(12-7-9-15-43)46-35(57)25(11-6-8-14-42)45-34(56)24(44)18-23-19-52(50-49-23)39-30(41)33(55)32(54)29(20-53)63-39/h19,21-22,24-33,39,53-55H,5-18,20,42-44H2,1-4H3,(H,45,56)(H,46,57)(H,47,59)(H,48,58)(H,61,62)/t22-,24-,25-,26-,27-,28-,29+,30+,31-,32+,33+,39+/m0/s1/i41-1. The maximum atomic E-state index is 14.9. The molecule has 0 spiro atoms. The van der Waals surface area contributed by atoms with Gasteiger partial charge in [0.25, 0.3) is 0 Å². The first-order valence-corrected chi connectivity index (χ1v) is 22.0. The third-order valence-electron chi connectivity index (χ3n) is 11.5. The van der Waals surface area contributed by atoms with Gasteiger partial charge in [-0.1, -0.05) is 39.3 Å².